The highest BCUT2D eigenvalue weighted by Gasteiger charge is 2.28. The lowest BCUT2D eigenvalue weighted by Gasteiger charge is -2.34. The monoisotopic (exact) mass is 253 g/mol. The first kappa shape index (κ1) is 10.2. The lowest BCUT2D eigenvalue weighted by molar-refractivity contribution is 0.339. The van der Waals surface area contributed by atoms with Crippen LogP contribution in [0.4, 0.5) is 0 Å². The zero-order valence-corrected chi connectivity index (χ0v) is 10.1. The highest BCUT2D eigenvalue weighted by atomic mass is 79.9. The van der Waals surface area contributed by atoms with Crippen molar-refractivity contribution in [1.82, 2.24) is 5.32 Å². The quantitative estimate of drug-likeness (QED) is 0.812. The van der Waals surface area contributed by atoms with Gasteiger partial charge in [-0.3, -0.25) is 0 Å². The van der Waals surface area contributed by atoms with E-state index in [9.17, 15) is 0 Å². The van der Waals surface area contributed by atoms with E-state index in [1.54, 1.807) is 0 Å². The molecule has 1 atom stereocenters. The Morgan fingerprint density at radius 1 is 1.29 bits per heavy atom. The summed E-state index contributed by atoms with van der Waals surface area (Å²) < 4.78 is 1.16. The Morgan fingerprint density at radius 2 is 2.00 bits per heavy atom. The molecule has 1 aliphatic rings. The second-order valence-electron chi connectivity index (χ2n) is 4.35. The number of rotatable bonds is 1. The van der Waals surface area contributed by atoms with Gasteiger partial charge in [-0.15, -0.1) is 0 Å². The molecule has 1 aromatic carbocycles. The molecule has 0 aromatic heterocycles. The van der Waals surface area contributed by atoms with E-state index in [0.29, 0.717) is 5.41 Å². The zero-order chi connectivity index (χ0) is 10.0. The number of hydrogen-bond donors (Lipinski definition) is 1. The molecule has 1 nitrogen and oxygen atoms in total. The third kappa shape index (κ3) is 2.01. The number of piperidine rings is 1. The third-order valence-electron chi connectivity index (χ3n) is 3.14. The standard InChI is InChI=1S/C12H16BrN/c1-12(7-2-8-14-9-12)10-3-5-11(13)6-4-10/h3-6,14H,2,7-9H2,1H3. The fourth-order valence-corrected chi connectivity index (χ4v) is 2.42. The predicted octanol–water partition coefficient (Wildman–Crippen LogP) is 3.09. The molecule has 2 heteroatoms. The lowest BCUT2D eigenvalue weighted by atomic mass is 9.77. The van der Waals surface area contributed by atoms with E-state index in [0.717, 1.165) is 11.0 Å². The van der Waals surface area contributed by atoms with Gasteiger partial charge in [0.25, 0.3) is 0 Å². The minimum Gasteiger partial charge on any atom is -0.316 e. The summed E-state index contributed by atoms with van der Waals surface area (Å²) >= 11 is 3.47. The molecule has 14 heavy (non-hydrogen) atoms. The Bertz CT molecular complexity index is 299. The van der Waals surface area contributed by atoms with Crippen LogP contribution in [0.2, 0.25) is 0 Å². The molecule has 0 bridgehead atoms. The van der Waals surface area contributed by atoms with Gasteiger partial charge >= 0.3 is 0 Å². The summed E-state index contributed by atoms with van der Waals surface area (Å²) in [5, 5.41) is 3.48. The van der Waals surface area contributed by atoms with E-state index in [-0.39, 0.29) is 0 Å². The number of hydrogen-bond acceptors (Lipinski definition) is 1. The van der Waals surface area contributed by atoms with Crippen molar-refractivity contribution < 1.29 is 0 Å². The van der Waals surface area contributed by atoms with Crippen molar-refractivity contribution in [3.63, 3.8) is 0 Å². The largest absolute Gasteiger partial charge is 0.316 e. The molecule has 0 spiro atoms. The van der Waals surface area contributed by atoms with Crippen LogP contribution in [0.3, 0.4) is 0 Å². The van der Waals surface area contributed by atoms with Gasteiger partial charge in [0.05, 0.1) is 0 Å². The Labute approximate surface area is 94.0 Å². The number of nitrogens with one attached hydrogen (secondary N) is 1. The van der Waals surface area contributed by atoms with E-state index < -0.39 is 0 Å². The first-order valence-electron chi connectivity index (χ1n) is 5.17. The maximum Gasteiger partial charge on any atom is 0.0175 e. The molecular formula is C12H16BrN. The van der Waals surface area contributed by atoms with E-state index in [2.05, 4.69) is 52.4 Å². The van der Waals surface area contributed by atoms with Crippen LogP contribution in [0.1, 0.15) is 25.3 Å². The van der Waals surface area contributed by atoms with E-state index in [1.165, 1.54) is 24.9 Å². The van der Waals surface area contributed by atoms with Gasteiger partial charge in [-0.1, -0.05) is 35.0 Å². The fraction of sp³-hybridized carbons (Fsp3) is 0.500. The lowest BCUT2D eigenvalue weighted by Crippen LogP contribution is -2.41. The van der Waals surface area contributed by atoms with Crippen LogP contribution >= 0.6 is 15.9 Å². The summed E-state index contributed by atoms with van der Waals surface area (Å²) in [5.41, 5.74) is 1.78. The van der Waals surface area contributed by atoms with E-state index >= 15 is 0 Å². The maximum atomic E-state index is 3.48. The van der Waals surface area contributed by atoms with Gasteiger partial charge in [0.15, 0.2) is 0 Å². The smallest absolute Gasteiger partial charge is 0.0175 e. The molecule has 1 fully saturated rings. The van der Waals surface area contributed by atoms with Gasteiger partial charge in [-0.05, 0) is 37.1 Å². The molecule has 1 aromatic rings. The van der Waals surface area contributed by atoms with Crippen LogP contribution < -0.4 is 5.32 Å². The number of benzene rings is 1. The van der Waals surface area contributed by atoms with Crippen molar-refractivity contribution >= 4 is 15.9 Å². The molecule has 1 unspecified atom stereocenters. The maximum absolute atomic E-state index is 3.48. The molecule has 1 aliphatic heterocycles. The van der Waals surface area contributed by atoms with Gasteiger partial charge in [0.1, 0.15) is 0 Å². The van der Waals surface area contributed by atoms with Crippen molar-refractivity contribution in [1.29, 1.82) is 0 Å². The van der Waals surface area contributed by atoms with Crippen molar-refractivity contribution in [2.75, 3.05) is 13.1 Å². The van der Waals surface area contributed by atoms with Gasteiger partial charge in [0.2, 0.25) is 0 Å². The minimum atomic E-state index is 0.332. The van der Waals surface area contributed by atoms with E-state index in [1.807, 2.05) is 0 Å². The summed E-state index contributed by atoms with van der Waals surface area (Å²) in [5.74, 6) is 0. The average Bonchev–Trinajstić information content (AvgIpc) is 2.19. The molecule has 0 amide bonds. The Kier molecular flexibility index (Phi) is 2.93. The molecule has 1 heterocycles. The SMILES string of the molecule is CC1(c2ccc(Br)cc2)CCCNC1. The minimum absolute atomic E-state index is 0.332. The summed E-state index contributed by atoms with van der Waals surface area (Å²) in [6.07, 6.45) is 2.58. The van der Waals surface area contributed by atoms with Crippen LogP contribution in [-0.4, -0.2) is 13.1 Å². The molecule has 1 saturated heterocycles. The van der Waals surface area contributed by atoms with Crippen molar-refractivity contribution in [2.24, 2.45) is 0 Å². The summed E-state index contributed by atoms with van der Waals surface area (Å²) in [6, 6.07) is 8.73. The van der Waals surface area contributed by atoms with Gasteiger partial charge < -0.3 is 5.32 Å². The first-order valence-corrected chi connectivity index (χ1v) is 5.97. The summed E-state index contributed by atoms with van der Waals surface area (Å²) in [4.78, 5) is 0. The highest BCUT2D eigenvalue weighted by Crippen LogP contribution is 2.31. The molecular weight excluding hydrogens is 238 g/mol. The topological polar surface area (TPSA) is 12.0 Å². The third-order valence-corrected chi connectivity index (χ3v) is 3.67. The molecule has 76 valence electrons. The summed E-state index contributed by atoms with van der Waals surface area (Å²) in [6.45, 7) is 4.63. The van der Waals surface area contributed by atoms with Crippen LogP contribution in [0, 0.1) is 0 Å². The van der Waals surface area contributed by atoms with E-state index in [4.69, 9.17) is 0 Å². The number of halogens is 1. The normalized spacial score (nSPS) is 27.6. The van der Waals surface area contributed by atoms with Crippen molar-refractivity contribution in [2.45, 2.75) is 25.2 Å². The van der Waals surface area contributed by atoms with Crippen molar-refractivity contribution in [3.05, 3.63) is 34.3 Å². The van der Waals surface area contributed by atoms with Crippen molar-refractivity contribution in [3.8, 4) is 0 Å². The highest BCUT2D eigenvalue weighted by molar-refractivity contribution is 9.10. The van der Waals surface area contributed by atoms with Crippen LogP contribution in [0.5, 0.6) is 0 Å². The van der Waals surface area contributed by atoms with Gasteiger partial charge in [-0.2, -0.15) is 0 Å². The Hall–Kier alpha value is -0.340. The molecule has 0 aliphatic carbocycles. The predicted molar refractivity (Wildman–Crippen MR) is 63.6 cm³/mol. The molecule has 0 saturated carbocycles. The first-order chi connectivity index (χ1) is 6.71. The molecule has 0 radical (unpaired) electrons. The molecule has 1 N–H and O–H groups in total. The Balaban J connectivity index is 2.23. The Morgan fingerprint density at radius 3 is 2.57 bits per heavy atom. The summed E-state index contributed by atoms with van der Waals surface area (Å²) in [7, 11) is 0. The average molecular weight is 254 g/mol. The van der Waals surface area contributed by atoms with Gasteiger partial charge in [0, 0.05) is 16.4 Å². The van der Waals surface area contributed by atoms with Gasteiger partial charge in [-0.25, -0.2) is 0 Å². The second-order valence-corrected chi connectivity index (χ2v) is 5.26. The van der Waals surface area contributed by atoms with Crippen LogP contribution in [0.25, 0.3) is 0 Å². The fourth-order valence-electron chi connectivity index (χ4n) is 2.15. The molecule has 2 rings (SSSR count). The second kappa shape index (κ2) is 4.03. The zero-order valence-electron chi connectivity index (χ0n) is 8.52. The van der Waals surface area contributed by atoms with Crippen LogP contribution in [0.15, 0.2) is 28.7 Å². The van der Waals surface area contributed by atoms with Crippen LogP contribution in [-0.2, 0) is 5.41 Å².